The Morgan fingerprint density at radius 3 is 2.63 bits per heavy atom. The second-order valence-electron chi connectivity index (χ2n) is 7.98. The molecule has 158 valence electrons. The molecule has 0 radical (unpaired) electrons. The van der Waals surface area contributed by atoms with Crippen molar-refractivity contribution in [2.45, 2.75) is 49.4 Å². The summed E-state index contributed by atoms with van der Waals surface area (Å²) >= 11 is 0. The number of carbonyl (C=O) groups excluding carboxylic acids is 1. The molecular weight excluding hydrogens is 398 g/mol. The highest BCUT2D eigenvalue weighted by Gasteiger charge is 2.25. The van der Waals surface area contributed by atoms with Crippen LogP contribution in [-0.2, 0) is 17.3 Å². The first-order valence-electron chi connectivity index (χ1n) is 10.4. The van der Waals surface area contributed by atoms with Gasteiger partial charge in [-0.3, -0.25) is 14.0 Å². The highest BCUT2D eigenvalue weighted by atomic mass is 32.2. The second-order valence-corrected chi connectivity index (χ2v) is 9.71. The SMILES string of the molecule is CC(C)N1CCC(S(=O)c2ccc(CNC(=O)c3cc4ccncc4o3)cc2)CC1. The van der Waals surface area contributed by atoms with Gasteiger partial charge in [-0.15, -0.1) is 0 Å². The molecule has 1 aromatic carbocycles. The van der Waals surface area contributed by atoms with Crippen LogP contribution < -0.4 is 5.32 Å². The van der Waals surface area contributed by atoms with E-state index in [9.17, 15) is 9.00 Å². The molecule has 1 N–H and O–H groups in total. The maximum Gasteiger partial charge on any atom is 0.287 e. The van der Waals surface area contributed by atoms with E-state index in [4.69, 9.17) is 4.42 Å². The predicted octanol–water partition coefficient (Wildman–Crippen LogP) is 3.74. The molecule has 1 aliphatic rings. The zero-order chi connectivity index (χ0) is 21.1. The van der Waals surface area contributed by atoms with E-state index in [0.29, 0.717) is 18.2 Å². The Morgan fingerprint density at radius 1 is 1.23 bits per heavy atom. The Kier molecular flexibility index (Phi) is 6.29. The van der Waals surface area contributed by atoms with Crippen LogP contribution in [0.3, 0.4) is 0 Å². The van der Waals surface area contributed by atoms with E-state index >= 15 is 0 Å². The summed E-state index contributed by atoms with van der Waals surface area (Å²) < 4.78 is 18.5. The Bertz CT molecular complexity index is 1000. The lowest BCUT2D eigenvalue weighted by atomic mass is 10.1. The molecule has 30 heavy (non-hydrogen) atoms. The molecule has 0 spiro atoms. The number of piperidine rings is 1. The van der Waals surface area contributed by atoms with Crippen molar-refractivity contribution in [2.75, 3.05) is 13.1 Å². The van der Waals surface area contributed by atoms with Gasteiger partial charge in [-0.2, -0.15) is 0 Å². The van der Waals surface area contributed by atoms with Gasteiger partial charge < -0.3 is 14.6 Å². The van der Waals surface area contributed by atoms with E-state index in [2.05, 4.69) is 29.0 Å². The van der Waals surface area contributed by atoms with Gasteiger partial charge >= 0.3 is 0 Å². The number of fused-ring (bicyclic) bond motifs is 1. The number of pyridine rings is 1. The Morgan fingerprint density at radius 2 is 1.97 bits per heavy atom. The van der Waals surface area contributed by atoms with Crippen LogP contribution in [0.1, 0.15) is 42.8 Å². The average Bonchev–Trinajstić information content (AvgIpc) is 3.22. The first-order chi connectivity index (χ1) is 14.5. The van der Waals surface area contributed by atoms with Gasteiger partial charge in [0.2, 0.25) is 0 Å². The largest absolute Gasteiger partial charge is 0.449 e. The minimum atomic E-state index is -0.993. The fourth-order valence-corrected chi connectivity index (χ4v) is 5.23. The molecule has 3 heterocycles. The van der Waals surface area contributed by atoms with Gasteiger partial charge in [-0.25, -0.2) is 0 Å². The predicted molar refractivity (Wildman–Crippen MR) is 118 cm³/mol. The lowest BCUT2D eigenvalue weighted by Crippen LogP contribution is -2.41. The summed E-state index contributed by atoms with van der Waals surface area (Å²) in [6.45, 7) is 6.82. The summed E-state index contributed by atoms with van der Waals surface area (Å²) in [5, 5.41) is 3.93. The van der Waals surface area contributed by atoms with Crippen LogP contribution in [0, 0.1) is 0 Å². The summed E-state index contributed by atoms with van der Waals surface area (Å²) in [5.74, 6) is -0.000714. The number of likely N-dealkylation sites (tertiary alicyclic amines) is 1. The third-order valence-corrected chi connectivity index (χ3v) is 7.48. The third-order valence-electron chi connectivity index (χ3n) is 5.67. The van der Waals surface area contributed by atoms with Crippen molar-refractivity contribution in [3.8, 4) is 0 Å². The van der Waals surface area contributed by atoms with E-state index in [0.717, 1.165) is 41.8 Å². The lowest BCUT2D eigenvalue weighted by Gasteiger charge is -2.34. The van der Waals surface area contributed by atoms with Gasteiger partial charge in [0.25, 0.3) is 5.91 Å². The molecule has 7 heteroatoms. The zero-order valence-corrected chi connectivity index (χ0v) is 18.2. The number of hydrogen-bond donors (Lipinski definition) is 1. The highest BCUT2D eigenvalue weighted by Crippen LogP contribution is 2.23. The molecule has 1 atom stereocenters. The molecule has 4 rings (SSSR count). The maximum absolute atomic E-state index is 12.9. The van der Waals surface area contributed by atoms with Crippen molar-refractivity contribution in [1.29, 1.82) is 0 Å². The van der Waals surface area contributed by atoms with E-state index < -0.39 is 10.8 Å². The summed E-state index contributed by atoms with van der Waals surface area (Å²) in [5.41, 5.74) is 1.55. The quantitative estimate of drug-likeness (QED) is 0.651. The van der Waals surface area contributed by atoms with Crippen molar-refractivity contribution in [2.24, 2.45) is 0 Å². The summed E-state index contributed by atoms with van der Waals surface area (Å²) in [4.78, 5) is 19.7. The molecule has 0 saturated carbocycles. The summed E-state index contributed by atoms with van der Waals surface area (Å²) in [7, 11) is -0.993. The molecule has 1 fully saturated rings. The lowest BCUT2D eigenvalue weighted by molar-refractivity contribution is 0.0925. The van der Waals surface area contributed by atoms with Crippen molar-refractivity contribution in [1.82, 2.24) is 15.2 Å². The van der Waals surface area contributed by atoms with E-state index in [-0.39, 0.29) is 16.9 Å². The van der Waals surface area contributed by atoms with Crippen molar-refractivity contribution in [3.63, 3.8) is 0 Å². The number of benzene rings is 1. The monoisotopic (exact) mass is 425 g/mol. The molecule has 1 aliphatic heterocycles. The summed E-state index contributed by atoms with van der Waals surface area (Å²) in [6.07, 6.45) is 5.20. The average molecular weight is 426 g/mol. The van der Waals surface area contributed by atoms with Gasteiger partial charge in [0.05, 0.1) is 17.0 Å². The fraction of sp³-hybridized carbons (Fsp3) is 0.391. The van der Waals surface area contributed by atoms with Gasteiger partial charge in [-0.1, -0.05) is 12.1 Å². The number of nitrogens with one attached hydrogen (secondary N) is 1. The first kappa shape index (κ1) is 20.8. The van der Waals surface area contributed by atoms with Crippen molar-refractivity contribution in [3.05, 3.63) is 60.1 Å². The molecule has 1 amide bonds. The van der Waals surface area contributed by atoms with E-state index in [1.54, 1.807) is 24.5 Å². The van der Waals surface area contributed by atoms with Crippen molar-refractivity contribution < 1.29 is 13.4 Å². The number of amides is 1. The number of furan rings is 1. The number of aromatic nitrogens is 1. The fourth-order valence-electron chi connectivity index (χ4n) is 3.81. The zero-order valence-electron chi connectivity index (χ0n) is 17.3. The van der Waals surface area contributed by atoms with Crippen LogP contribution in [0.15, 0.2) is 58.1 Å². The molecule has 3 aromatic rings. The maximum atomic E-state index is 12.9. The Balaban J connectivity index is 1.32. The minimum absolute atomic E-state index is 0.216. The molecule has 1 saturated heterocycles. The van der Waals surface area contributed by atoms with E-state index in [1.165, 1.54) is 0 Å². The molecule has 2 aromatic heterocycles. The summed E-state index contributed by atoms with van der Waals surface area (Å²) in [6, 6.07) is 11.8. The third kappa shape index (κ3) is 4.63. The first-order valence-corrected chi connectivity index (χ1v) is 11.6. The molecule has 1 unspecified atom stereocenters. The van der Waals surface area contributed by atoms with Gasteiger partial charge in [-0.05, 0) is 69.6 Å². The van der Waals surface area contributed by atoms with Gasteiger partial charge in [0.1, 0.15) is 0 Å². The minimum Gasteiger partial charge on any atom is -0.449 e. The standard InChI is InChI=1S/C23H27N3O3S/c1-16(2)26-11-8-20(9-12-26)30(28)19-5-3-17(4-6-19)14-25-23(27)21-13-18-7-10-24-15-22(18)29-21/h3-7,10,13,15-16,20H,8-9,11-12,14H2,1-2H3,(H,25,27). The molecular formula is C23H27N3O3S. The van der Waals surface area contributed by atoms with Crippen LogP contribution in [0.4, 0.5) is 0 Å². The van der Waals surface area contributed by atoms with Crippen molar-refractivity contribution >= 4 is 27.7 Å². The van der Waals surface area contributed by atoms with Gasteiger partial charge in [0, 0.05) is 34.3 Å². The topological polar surface area (TPSA) is 75.4 Å². The number of nitrogens with zero attached hydrogens (tertiary/aromatic N) is 2. The van der Waals surface area contributed by atoms with E-state index in [1.807, 2.05) is 24.3 Å². The van der Waals surface area contributed by atoms with Crippen LogP contribution in [0.5, 0.6) is 0 Å². The Hall–Kier alpha value is -2.51. The smallest absolute Gasteiger partial charge is 0.287 e. The highest BCUT2D eigenvalue weighted by molar-refractivity contribution is 7.85. The molecule has 0 bridgehead atoms. The van der Waals surface area contributed by atoms with Gasteiger partial charge in [0.15, 0.2) is 11.3 Å². The van der Waals surface area contributed by atoms with Crippen LogP contribution in [-0.4, -0.2) is 44.4 Å². The molecule has 6 nitrogen and oxygen atoms in total. The second kappa shape index (κ2) is 9.10. The normalized spacial score (nSPS) is 16.8. The van der Waals surface area contributed by atoms with Crippen LogP contribution >= 0.6 is 0 Å². The Labute approximate surface area is 179 Å². The molecule has 0 aliphatic carbocycles. The van der Waals surface area contributed by atoms with Crippen LogP contribution in [0.2, 0.25) is 0 Å². The number of carbonyl (C=O) groups is 1. The number of hydrogen-bond acceptors (Lipinski definition) is 5. The van der Waals surface area contributed by atoms with Crippen LogP contribution in [0.25, 0.3) is 11.0 Å². The number of rotatable bonds is 6.